The molecule has 0 saturated heterocycles. The van der Waals surface area contributed by atoms with E-state index in [0.29, 0.717) is 10.6 Å². The van der Waals surface area contributed by atoms with Gasteiger partial charge in [-0.15, -0.1) is 0 Å². The first kappa shape index (κ1) is 19.5. The van der Waals surface area contributed by atoms with Gasteiger partial charge in [-0.2, -0.15) is 5.26 Å². The Balaban J connectivity index is 1.71. The number of amides is 2. The number of hydrogen-bond acceptors (Lipinski definition) is 4. The highest BCUT2D eigenvalue weighted by Crippen LogP contribution is 2.37. The molecule has 142 valence electrons. The van der Waals surface area contributed by atoms with Crippen LogP contribution in [0.2, 0.25) is 0 Å². The zero-order valence-corrected chi connectivity index (χ0v) is 16.4. The number of nitrogens with one attached hydrogen (secondary N) is 2. The van der Waals surface area contributed by atoms with E-state index in [9.17, 15) is 14.9 Å². The number of nitrogens with zero attached hydrogens (tertiary/aromatic N) is 1. The smallest absolute Gasteiger partial charge is 0.230 e. The van der Waals surface area contributed by atoms with Crippen LogP contribution in [0, 0.1) is 18.3 Å². The Bertz CT molecular complexity index is 791. The number of thioether (sulfide) groups is 1. The SMILES string of the molecule is Cc1ccccc1[C@H]1CC(=O)NC(SCC(=O)NC2CCCCC2)=C1C#N. The molecule has 1 fully saturated rings. The van der Waals surface area contributed by atoms with Crippen LogP contribution >= 0.6 is 11.8 Å². The van der Waals surface area contributed by atoms with Crippen LogP contribution in [0.5, 0.6) is 0 Å². The lowest BCUT2D eigenvalue weighted by Gasteiger charge is -2.26. The van der Waals surface area contributed by atoms with Crippen LogP contribution in [0.1, 0.15) is 55.6 Å². The second-order valence-electron chi connectivity index (χ2n) is 7.21. The van der Waals surface area contributed by atoms with Gasteiger partial charge >= 0.3 is 0 Å². The van der Waals surface area contributed by atoms with Gasteiger partial charge < -0.3 is 10.6 Å². The summed E-state index contributed by atoms with van der Waals surface area (Å²) >= 11 is 1.25. The predicted octanol–water partition coefficient (Wildman–Crippen LogP) is 3.52. The Kier molecular flexibility index (Phi) is 6.57. The van der Waals surface area contributed by atoms with Crippen molar-refractivity contribution in [1.82, 2.24) is 10.6 Å². The van der Waals surface area contributed by atoms with Crippen molar-refractivity contribution in [2.24, 2.45) is 0 Å². The fraction of sp³-hybridized carbons (Fsp3) is 0.476. The Morgan fingerprint density at radius 2 is 2.04 bits per heavy atom. The zero-order chi connectivity index (χ0) is 19.2. The van der Waals surface area contributed by atoms with Gasteiger partial charge in [-0.3, -0.25) is 9.59 Å². The fourth-order valence-corrected chi connectivity index (χ4v) is 4.72. The van der Waals surface area contributed by atoms with Crippen LogP contribution in [0.4, 0.5) is 0 Å². The maximum Gasteiger partial charge on any atom is 0.230 e. The molecule has 3 rings (SSSR count). The Morgan fingerprint density at radius 1 is 1.30 bits per heavy atom. The summed E-state index contributed by atoms with van der Waals surface area (Å²) in [5.41, 5.74) is 2.59. The number of hydrogen-bond donors (Lipinski definition) is 2. The highest BCUT2D eigenvalue weighted by Gasteiger charge is 2.30. The van der Waals surface area contributed by atoms with Crippen LogP contribution in [0.15, 0.2) is 34.9 Å². The molecule has 1 aliphatic heterocycles. The van der Waals surface area contributed by atoms with Crippen molar-refractivity contribution < 1.29 is 9.59 Å². The number of carbonyl (C=O) groups excluding carboxylic acids is 2. The molecule has 0 unspecified atom stereocenters. The molecule has 1 aromatic carbocycles. The van der Waals surface area contributed by atoms with Crippen molar-refractivity contribution in [2.75, 3.05) is 5.75 Å². The number of benzene rings is 1. The van der Waals surface area contributed by atoms with Gasteiger partial charge in [-0.05, 0) is 30.9 Å². The van der Waals surface area contributed by atoms with Crippen molar-refractivity contribution >= 4 is 23.6 Å². The van der Waals surface area contributed by atoms with Gasteiger partial charge in [-0.25, -0.2) is 0 Å². The normalized spacial score (nSPS) is 20.7. The number of aryl methyl sites for hydroxylation is 1. The van der Waals surface area contributed by atoms with Crippen molar-refractivity contribution in [3.63, 3.8) is 0 Å². The van der Waals surface area contributed by atoms with E-state index in [1.807, 2.05) is 31.2 Å². The molecule has 1 heterocycles. The molecule has 0 aromatic heterocycles. The Morgan fingerprint density at radius 3 is 2.74 bits per heavy atom. The van der Waals surface area contributed by atoms with E-state index in [1.165, 1.54) is 18.2 Å². The molecule has 0 radical (unpaired) electrons. The molecular formula is C21H25N3O2S. The van der Waals surface area contributed by atoms with Crippen LogP contribution < -0.4 is 10.6 Å². The first-order valence-electron chi connectivity index (χ1n) is 9.50. The lowest BCUT2D eigenvalue weighted by Crippen LogP contribution is -2.38. The minimum absolute atomic E-state index is 0.0380. The molecule has 6 heteroatoms. The molecule has 0 spiro atoms. The number of carbonyl (C=O) groups is 2. The topological polar surface area (TPSA) is 82.0 Å². The molecule has 1 atom stereocenters. The number of nitriles is 1. The van der Waals surface area contributed by atoms with Gasteiger partial charge in [0.15, 0.2) is 0 Å². The second kappa shape index (κ2) is 9.09. The predicted molar refractivity (Wildman–Crippen MR) is 107 cm³/mol. The van der Waals surface area contributed by atoms with E-state index in [1.54, 1.807) is 0 Å². The van der Waals surface area contributed by atoms with Crippen molar-refractivity contribution in [1.29, 1.82) is 5.26 Å². The van der Waals surface area contributed by atoms with Crippen molar-refractivity contribution in [3.8, 4) is 6.07 Å². The zero-order valence-electron chi connectivity index (χ0n) is 15.6. The standard InChI is InChI=1S/C21H25N3O2S/c1-14-7-5-6-10-16(14)17-11-19(25)24-21(18(17)12-22)27-13-20(26)23-15-8-3-2-4-9-15/h5-7,10,15,17H,2-4,8-9,11,13H2,1H3,(H,23,26)(H,24,25)/t17-/m1/s1. The van der Waals surface area contributed by atoms with Gasteiger partial charge in [0, 0.05) is 18.4 Å². The molecule has 0 bridgehead atoms. The first-order chi connectivity index (χ1) is 13.1. The van der Waals surface area contributed by atoms with Gasteiger partial charge in [0.1, 0.15) is 0 Å². The summed E-state index contributed by atoms with van der Waals surface area (Å²) in [6, 6.07) is 10.4. The molecular weight excluding hydrogens is 358 g/mol. The lowest BCUT2D eigenvalue weighted by atomic mass is 9.85. The Hall–Kier alpha value is -2.26. The van der Waals surface area contributed by atoms with Crippen molar-refractivity contribution in [3.05, 3.63) is 46.0 Å². The second-order valence-corrected chi connectivity index (χ2v) is 8.19. The van der Waals surface area contributed by atoms with E-state index in [2.05, 4.69) is 16.7 Å². The van der Waals surface area contributed by atoms with Gasteiger partial charge in [-0.1, -0.05) is 55.3 Å². The van der Waals surface area contributed by atoms with E-state index in [4.69, 9.17) is 0 Å². The highest BCUT2D eigenvalue weighted by molar-refractivity contribution is 8.03. The maximum atomic E-state index is 12.3. The van der Waals surface area contributed by atoms with E-state index in [0.717, 1.165) is 36.8 Å². The summed E-state index contributed by atoms with van der Waals surface area (Å²) in [5, 5.41) is 16.1. The summed E-state index contributed by atoms with van der Waals surface area (Å²) in [6.07, 6.45) is 5.90. The molecule has 1 saturated carbocycles. The molecule has 2 amide bonds. The molecule has 5 nitrogen and oxygen atoms in total. The summed E-state index contributed by atoms with van der Waals surface area (Å²) in [7, 11) is 0. The van der Waals surface area contributed by atoms with E-state index >= 15 is 0 Å². The highest BCUT2D eigenvalue weighted by atomic mass is 32.2. The van der Waals surface area contributed by atoms with Crippen LogP contribution in [0.25, 0.3) is 0 Å². The van der Waals surface area contributed by atoms with Crippen LogP contribution in [0.3, 0.4) is 0 Å². The average molecular weight is 384 g/mol. The van der Waals surface area contributed by atoms with Gasteiger partial charge in [0.25, 0.3) is 0 Å². The fourth-order valence-electron chi connectivity index (χ4n) is 3.83. The largest absolute Gasteiger partial charge is 0.353 e. The van der Waals surface area contributed by atoms with E-state index in [-0.39, 0.29) is 35.9 Å². The van der Waals surface area contributed by atoms with Crippen molar-refractivity contribution in [2.45, 2.75) is 57.4 Å². The molecule has 1 aliphatic carbocycles. The third-order valence-electron chi connectivity index (χ3n) is 5.24. The van der Waals surface area contributed by atoms with Gasteiger partial charge in [0.2, 0.25) is 11.8 Å². The first-order valence-corrected chi connectivity index (χ1v) is 10.5. The van der Waals surface area contributed by atoms with Crippen LogP contribution in [-0.2, 0) is 9.59 Å². The monoisotopic (exact) mass is 383 g/mol. The van der Waals surface area contributed by atoms with Gasteiger partial charge in [0.05, 0.1) is 22.4 Å². The third kappa shape index (κ3) is 4.92. The van der Waals surface area contributed by atoms with E-state index < -0.39 is 0 Å². The summed E-state index contributed by atoms with van der Waals surface area (Å²) in [6.45, 7) is 1.99. The summed E-state index contributed by atoms with van der Waals surface area (Å²) in [5.74, 6) is -0.201. The Labute approximate surface area is 164 Å². The average Bonchev–Trinajstić information content (AvgIpc) is 2.67. The lowest BCUT2D eigenvalue weighted by molar-refractivity contribution is -0.121. The minimum Gasteiger partial charge on any atom is -0.353 e. The summed E-state index contributed by atoms with van der Waals surface area (Å²) < 4.78 is 0. The third-order valence-corrected chi connectivity index (χ3v) is 6.25. The maximum absolute atomic E-state index is 12.3. The molecule has 2 N–H and O–H groups in total. The molecule has 27 heavy (non-hydrogen) atoms. The number of rotatable bonds is 5. The van der Waals surface area contributed by atoms with Crippen LogP contribution in [-0.4, -0.2) is 23.6 Å². The molecule has 1 aromatic rings. The quantitative estimate of drug-likeness (QED) is 0.815. The number of allylic oxidation sites excluding steroid dienone is 1. The minimum atomic E-state index is -0.256. The molecule has 2 aliphatic rings. The summed E-state index contributed by atoms with van der Waals surface area (Å²) in [4.78, 5) is 24.5.